The maximum atomic E-state index is 3.62. The highest BCUT2D eigenvalue weighted by Crippen LogP contribution is 2.31. The van der Waals surface area contributed by atoms with Crippen LogP contribution in [0, 0.1) is 5.92 Å². The van der Waals surface area contributed by atoms with Gasteiger partial charge in [0.15, 0.2) is 0 Å². The first-order valence-electron chi connectivity index (χ1n) is 6.98. The molecule has 2 fully saturated rings. The maximum absolute atomic E-state index is 3.62. The Morgan fingerprint density at radius 1 is 1.33 bits per heavy atom. The monoisotopic (exact) mass is 328 g/mol. The molecule has 3 rings (SSSR count). The van der Waals surface area contributed by atoms with E-state index in [0.717, 1.165) is 18.5 Å². The van der Waals surface area contributed by atoms with Crippen LogP contribution in [-0.4, -0.2) is 30.6 Å². The fourth-order valence-electron chi connectivity index (χ4n) is 2.78. The molecule has 1 aliphatic heterocycles. The molecule has 1 N–H and O–H groups in total. The Bertz CT molecular complexity index is 383. The minimum Gasteiger partial charge on any atom is -0.313 e. The largest absolute Gasteiger partial charge is 0.313 e. The van der Waals surface area contributed by atoms with Gasteiger partial charge in [-0.15, -0.1) is 11.3 Å². The Morgan fingerprint density at radius 2 is 2.22 bits per heavy atom. The molecule has 0 spiro atoms. The molecule has 1 unspecified atom stereocenters. The maximum Gasteiger partial charge on any atom is 0.0701 e. The third-order valence-corrected chi connectivity index (χ3v) is 5.44. The quantitative estimate of drug-likeness (QED) is 0.860. The molecule has 1 aromatic rings. The summed E-state index contributed by atoms with van der Waals surface area (Å²) in [6, 6.07) is 3.00. The summed E-state index contributed by atoms with van der Waals surface area (Å²) in [6.45, 7) is 4.86. The predicted molar refractivity (Wildman–Crippen MR) is 81.0 cm³/mol. The van der Waals surface area contributed by atoms with Crippen LogP contribution >= 0.6 is 27.3 Å². The number of hydrogen-bond acceptors (Lipinski definition) is 3. The summed E-state index contributed by atoms with van der Waals surface area (Å²) < 4.78 is 1.25. The van der Waals surface area contributed by atoms with E-state index in [9.17, 15) is 0 Å². The highest BCUT2D eigenvalue weighted by Gasteiger charge is 2.26. The van der Waals surface area contributed by atoms with Gasteiger partial charge in [0.1, 0.15) is 0 Å². The summed E-state index contributed by atoms with van der Waals surface area (Å²) in [6.07, 6.45) is 5.60. The van der Waals surface area contributed by atoms with Crippen molar-refractivity contribution in [3.8, 4) is 0 Å². The Kier molecular flexibility index (Phi) is 4.39. The van der Waals surface area contributed by atoms with Gasteiger partial charge >= 0.3 is 0 Å². The summed E-state index contributed by atoms with van der Waals surface area (Å²) in [5, 5.41) is 5.91. The number of halogens is 1. The molecular formula is C14H21BrN2S. The van der Waals surface area contributed by atoms with Crippen molar-refractivity contribution >= 4 is 27.3 Å². The topological polar surface area (TPSA) is 15.3 Å². The van der Waals surface area contributed by atoms with Crippen molar-refractivity contribution in [2.75, 3.05) is 19.6 Å². The minimum absolute atomic E-state index is 0.728. The lowest BCUT2D eigenvalue weighted by Crippen LogP contribution is -2.38. The minimum atomic E-state index is 0.728. The Hall–Kier alpha value is 0.1000. The van der Waals surface area contributed by atoms with Gasteiger partial charge in [-0.25, -0.2) is 0 Å². The molecule has 1 aliphatic carbocycles. The second-order valence-electron chi connectivity index (χ2n) is 5.69. The lowest BCUT2D eigenvalue weighted by atomic mass is 10.2. The standard InChI is InChI=1S/C14H21BrN2S/c15-14-6-12(10-18-14)8-17(7-11-3-4-11)9-13-2-1-5-16-13/h6,10-11,13,16H,1-5,7-9H2. The average Bonchev–Trinajstić information content (AvgIpc) is 2.84. The van der Waals surface area contributed by atoms with Gasteiger partial charge in [-0.1, -0.05) is 0 Å². The van der Waals surface area contributed by atoms with Crippen LogP contribution in [0.2, 0.25) is 0 Å². The third-order valence-electron chi connectivity index (χ3n) is 3.88. The molecule has 2 nitrogen and oxygen atoms in total. The van der Waals surface area contributed by atoms with Gasteiger partial charge in [0.2, 0.25) is 0 Å². The highest BCUT2D eigenvalue weighted by atomic mass is 79.9. The first-order valence-corrected chi connectivity index (χ1v) is 8.65. The van der Waals surface area contributed by atoms with Crippen molar-refractivity contribution in [2.24, 2.45) is 5.92 Å². The third kappa shape index (κ3) is 3.80. The molecule has 1 saturated heterocycles. The number of thiophene rings is 1. The van der Waals surface area contributed by atoms with Gasteiger partial charge in [-0.05, 0) is 71.1 Å². The second kappa shape index (κ2) is 6.04. The molecule has 100 valence electrons. The van der Waals surface area contributed by atoms with Crippen LogP contribution in [0.25, 0.3) is 0 Å². The first kappa shape index (κ1) is 13.1. The molecule has 4 heteroatoms. The van der Waals surface area contributed by atoms with Crippen LogP contribution in [0.1, 0.15) is 31.2 Å². The molecule has 0 radical (unpaired) electrons. The van der Waals surface area contributed by atoms with E-state index in [4.69, 9.17) is 0 Å². The lowest BCUT2D eigenvalue weighted by molar-refractivity contribution is 0.232. The molecular weight excluding hydrogens is 308 g/mol. The van der Waals surface area contributed by atoms with Gasteiger partial charge in [0, 0.05) is 25.7 Å². The number of rotatable bonds is 6. The van der Waals surface area contributed by atoms with E-state index in [2.05, 4.69) is 37.6 Å². The zero-order valence-corrected chi connectivity index (χ0v) is 13.1. The smallest absolute Gasteiger partial charge is 0.0701 e. The highest BCUT2D eigenvalue weighted by molar-refractivity contribution is 9.11. The van der Waals surface area contributed by atoms with Gasteiger partial charge in [0.05, 0.1) is 3.79 Å². The molecule has 18 heavy (non-hydrogen) atoms. The summed E-state index contributed by atoms with van der Waals surface area (Å²) in [7, 11) is 0. The summed E-state index contributed by atoms with van der Waals surface area (Å²) in [5.74, 6) is 0.980. The number of hydrogen-bond donors (Lipinski definition) is 1. The van der Waals surface area contributed by atoms with Crippen molar-refractivity contribution in [3.05, 3.63) is 20.8 Å². The molecule has 0 amide bonds. The van der Waals surface area contributed by atoms with Crippen LogP contribution in [0.5, 0.6) is 0 Å². The van der Waals surface area contributed by atoms with E-state index >= 15 is 0 Å². The first-order chi connectivity index (χ1) is 8.79. The Labute approximate surface area is 122 Å². The van der Waals surface area contributed by atoms with Crippen LogP contribution in [-0.2, 0) is 6.54 Å². The van der Waals surface area contributed by atoms with Crippen molar-refractivity contribution in [2.45, 2.75) is 38.3 Å². The van der Waals surface area contributed by atoms with Crippen molar-refractivity contribution in [1.82, 2.24) is 10.2 Å². The van der Waals surface area contributed by atoms with Gasteiger partial charge < -0.3 is 5.32 Å². The van der Waals surface area contributed by atoms with Crippen LogP contribution < -0.4 is 5.32 Å². The molecule has 2 aliphatic rings. The van der Waals surface area contributed by atoms with E-state index in [-0.39, 0.29) is 0 Å². The molecule has 0 aromatic carbocycles. The molecule has 1 atom stereocenters. The van der Waals surface area contributed by atoms with E-state index in [0.29, 0.717) is 0 Å². The molecule has 1 aromatic heterocycles. The zero-order chi connectivity index (χ0) is 12.4. The summed E-state index contributed by atoms with van der Waals surface area (Å²) >= 11 is 5.36. The van der Waals surface area contributed by atoms with Gasteiger partial charge in [-0.2, -0.15) is 0 Å². The fraction of sp³-hybridized carbons (Fsp3) is 0.714. The van der Waals surface area contributed by atoms with E-state index < -0.39 is 0 Å². The number of nitrogens with one attached hydrogen (secondary N) is 1. The lowest BCUT2D eigenvalue weighted by Gasteiger charge is -2.25. The van der Waals surface area contributed by atoms with E-state index in [1.807, 2.05) is 0 Å². The molecule has 1 saturated carbocycles. The summed E-state index contributed by atoms with van der Waals surface area (Å²) in [5.41, 5.74) is 1.46. The summed E-state index contributed by atoms with van der Waals surface area (Å²) in [4.78, 5) is 2.66. The molecule has 2 heterocycles. The Balaban J connectivity index is 1.57. The predicted octanol–water partition coefficient (Wildman–Crippen LogP) is 3.47. The van der Waals surface area contributed by atoms with Crippen molar-refractivity contribution in [3.63, 3.8) is 0 Å². The average molecular weight is 329 g/mol. The van der Waals surface area contributed by atoms with Crippen LogP contribution in [0.3, 0.4) is 0 Å². The second-order valence-corrected chi connectivity index (χ2v) is 7.98. The van der Waals surface area contributed by atoms with Crippen LogP contribution in [0.4, 0.5) is 0 Å². The molecule has 0 bridgehead atoms. The SMILES string of the molecule is Brc1cc(CN(CC2CC2)CC2CCCN2)cs1. The van der Waals surface area contributed by atoms with Crippen molar-refractivity contribution < 1.29 is 0 Å². The fourth-order valence-corrected chi connectivity index (χ4v) is 3.98. The van der Waals surface area contributed by atoms with Gasteiger partial charge in [0.25, 0.3) is 0 Å². The number of nitrogens with zero attached hydrogens (tertiary/aromatic N) is 1. The van der Waals surface area contributed by atoms with E-state index in [1.165, 1.54) is 54.7 Å². The normalized spacial score (nSPS) is 24.0. The van der Waals surface area contributed by atoms with E-state index in [1.54, 1.807) is 11.3 Å². The van der Waals surface area contributed by atoms with Crippen molar-refractivity contribution in [1.29, 1.82) is 0 Å². The van der Waals surface area contributed by atoms with Gasteiger partial charge in [-0.3, -0.25) is 4.90 Å². The Morgan fingerprint density at radius 3 is 2.83 bits per heavy atom. The van der Waals surface area contributed by atoms with Crippen LogP contribution in [0.15, 0.2) is 15.2 Å². The zero-order valence-electron chi connectivity index (χ0n) is 10.7.